The first kappa shape index (κ1) is 11.9. The Morgan fingerprint density at radius 3 is 2.53 bits per heavy atom. The maximum atomic E-state index is 11.5. The second kappa shape index (κ2) is 4.57. The van der Waals surface area contributed by atoms with E-state index in [1.54, 1.807) is 12.1 Å². The van der Waals surface area contributed by atoms with Gasteiger partial charge in [-0.3, -0.25) is 4.79 Å². The van der Waals surface area contributed by atoms with Crippen molar-refractivity contribution in [1.29, 1.82) is 0 Å². The normalized spacial score (nSPS) is 11.2. The molecule has 82 valence electrons. The molecule has 15 heavy (non-hydrogen) atoms. The lowest BCUT2D eigenvalue weighted by molar-refractivity contribution is 0.0933. The molecule has 0 fully saturated rings. The molecule has 1 aromatic rings. The fourth-order valence-corrected chi connectivity index (χ4v) is 0.974. The van der Waals surface area contributed by atoms with E-state index in [2.05, 4.69) is 15.5 Å². The van der Waals surface area contributed by atoms with Crippen molar-refractivity contribution < 1.29 is 4.79 Å². The van der Waals surface area contributed by atoms with Crippen LogP contribution in [0.25, 0.3) is 0 Å². The molecule has 0 saturated carbocycles. The van der Waals surface area contributed by atoms with E-state index in [4.69, 9.17) is 11.6 Å². The Kier molecular flexibility index (Phi) is 3.63. The van der Waals surface area contributed by atoms with Crippen molar-refractivity contribution in [1.82, 2.24) is 15.5 Å². The molecule has 0 bridgehead atoms. The first-order chi connectivity index (χ1) is 6.88. The molecule has 0 aromatic carbocycles. The molecule has 1 heterocycles. The van der Waals surface area contributed by atoms with E-state index in [-0.39, 0.29) is 22.2 Å². The van der Waals surface area contributed by atoms with Gasteiger partial charge in [-0.2, -0.15) is 0 Å². The topological polar surface area (TPSA) is 54.9 Å². The van der Waals surface area contributed by atoms with Crippen LogP contribution in [0.15, 0.2) is 12.1 Å². The van der Waals surface area contributed by atoms with E-state index in [9.17, 15) is 4.79 Å². The number of aromatic nitrogens is 2. The average molecular weight is 228 g/mol. The number of hydrogen-bond acceptors (Lipinski definition) is 3. The highest BCUT2D eigenvalue weighted by Crippen LogP contribution is 2.10. The standard InChI is InChI=1S/C10H14ClN3O/c1-10(2,3)6-12-9(15)7-4-5-8(11)14-13-7/h4-5H,6H2,1-3H3,(H,12,15). The molecule has 1 amide bonds. The zero-order chi connectivity index (χ0) is 11.5. The molecule has 0 radical (unpaired) electrons. The summed E-state index contributed by atoms with van der Waals surface area (Å²) < 4.78 is 0. The van der Waals surface area contributed by atoms with E-state index in [0.717, 1.165) is 0 Å². The third kappa shape index (κ3) is 4.25. The number of halogens is 1. The molecular formula is C10H14ClN3O. The van der Waals surface area contributed by atoms with Crippen molar-refractivity contribution >= 4 is 17.5 Å². The second-order valence-electron chi connectivity index (χ2n) is 4.48. The Bertz CT molecular complexity index is 343. The van der Waals surface area contributed by atoms with Gasteiger partial charge in [-0.1, -0.05) is 32.4 Å². The molecule has 0 aliphatic rings. The van der Waals surface area contributed by atoms with Crippen LogP contribution in [-0.2, 0) is 0 Å². The minimum Gasteiger partial charge on any atom is -0.350 e. The number of hydrogen-bond donors (Lipinski definition) is 1. The van der Waals surface area contributed by atoms with E-state index in [1.807, 2.05) is 20.8 Å². The van der Waals surface area contributed by atoms with Gasteiger partial charge >= 0.3 is 0 Å². The Labute approximate surface area is 94.0 Å². The van der Waals surface area contributed by atoms with E-state index >= 15 is 0 Å². The molecule has 0 saturated heterocycles. The van der Waals surface area contributed by atoms with Crippen LogP contribution in [0.2, 0.25) is 5.15 Å². The molecule has 0 unspecified atom stereocenters. The highest BCUT2D eigenvalue weighted by molar-refractivity contribution is 6.29. The summed E-state index contributed by atoms with van der Waals surface area (Å²) in [5.74, 6) is -0.228. The van der Waals surface area contributed by atoms with Gasteiger partial charge in [0.15, 0.2) is 10.8 Å². The summed E-state index contributed by atoms with van der Waals surface area (Å²) in [6, 6.07) is 3.09. The number of nitrogens with zero attached hydrogens (tertiary/aromatic N) is 2. The molecule has 1 rings (SSSR count). The Balaban J connectivity index is 2.58. The van der Waals surface area contributed by atoms with E-state index < -0.39 is 0 Å². The van der Waals surface area contributed by atoms with Crippen LogP contribution in [0, 0.1) is 5.41 Å². The van der Waals surface area contributed by atoms with Gasteiger partial charge in [0.25, 0.3) is 5.91 Å². The minimum atomic E-state index is -0.228. The number of nitrogens with one attached hydrogen (secondary N) is 1. The Morgan fingerprint density at radius 1 is 1.40 bits per heavy atom. The maximum Gasteiger partial charge on any atom is 0.271 e. The van der Waals surface area contributed by atoms with Crippen LogP contribution < -0.4 is 5.32 Å². The zero-order valence-electron chi connectivity index (χ0n) is 9.04. The van der Waals surface area contributed by atoms with Crippen molar-refractivity contribution in [2.75, 3.05) is 6.54 Å². The van der Waals surface area contributed by atoms with Crippen LogP contribution in [0.5, 0.6) is 0 Å². The summed E-state index contributed by atoms with van der Waals surface area (Å²) in [4.78, 5) is 11.5. The van der Waals surface area contributed by atoms with Crippen LogP contribution in [-0.4, -0.2) is 22.6 Å². The van der Waals surface area contributed by atoms with Crippen molar-refractivity contribution in [3.63, 3.8) is 0 Å². The summed E-state index contributed by atoms with van der Waals surface area (Å²) in [6.45, 7) is 6.72. The molecule has 0 spiro atoms. The lowest BCUT2D eigenvalue weighted by atomic mass is 9.97. The number of carbonyl (C=O) groups excluding carboxylic acids is 1. The van der Waals surface area contributed by atoms with Gasteiger partial charge in [0.1, 0.15) is 0 Å². The summed E-state index contributed by atoms with van der Waals surface area (Å²) in [5.41, 5.74) is 0.332. The van der Waals surface area contributed by atoms with Crippen LogP contribution in [0.1, 0.15) is 31.3 Å². The van der Waals surface area contributed by atoms with Crippen molar-refractivity contribution in [3.05, 3.63) is 23.0 Å². The van der Waals surface area contributed by atoms with Gasteiger partial charge in [-0.05, 0) is 17.5 Å². The van der Waals surface area contributed by atoms with E-state index in [1.165, 1.54) is 0 Å². The molecular weight excluding hydrogens is 214 g/mol. The number of rotatable bonds is 2. The summed E-state index contributed by atoms with van der Waals surface area (Å²) in [7, 11) is 0. The minimum absolute atomic E-state index is 0.0511. The molecule has 5 heteroatoms. The zero-order valence-corrected chi connectivity index (χ0v) is 9.80. The molecule has 1 aromatic heterocycles. The first-order valence-electron chi connectivity index (χ1n) is 4.66. The second-order valence-corrected chi connectivity index (χ2v) is 4.87. The summed E-state index contributed by atoms with van der Waals surface area (Å²) >= 11 is 5.56. The van der Waals surface area contributed by atoms with Gasteiger partial charge < -0.3 is 5.32 Å². The molecule has 4 nitrogen and oxygen atoms in total. The predicted molar refractivity (Wildman–Crippen MR) is 58.8 cm³/mol. The Hall–Kier alpha value is -1.16. The van der Waals surface area contributed by atoms with Crippen molar-refractivity contribution in [2.45, 2.75) is 20.8 Å². The third-order valence-corrected chi connectivity index (χ3v) is 1.85. The van der Waals surface area contributed by atoms with Gasteiger partial charge in [0, 0.05) is 6.54 Å². The largest absolute Gasteiger partial charge is 0.350 e. The highest BCUT2D eigenvalue weighted by atomic mass is 35.5. The smallest absolute Gasteiger partial charge is 0.271 e. The summed E-state index contributed by atoms with van der Waals surface area (Å²) in [6.07, 6.45) is 0. The first-order valence-corrected chi connectivity index (χ1v) is 5.04. The lowest BCUT2D eigenvalue weighted by Crippen LogP contribution is -2.32. The van der Waals surface area contributed by atoms with Gasteiger partial charge in [0.2, 0.25) is 0 Å². The average Bonchev–Trinajstić information content (AvgIpc) is 2.14. The summed E-state index contributed by atoms with van der Waals surface area (Å²) in [5, 5.41) is 10.3. The van der Waals surface area contributed by atoms with E-state index in [0.29, 0.717) is 6.54 Å². The SMILES string of the molecule is CC(C)(C)CNC(=O)c1ccc(Cl)nn1. The van der Waals surface area contributed by atoms with Gasteiger partial charge in [-0.15, -0.1) is 10.2 Å². The van der Waals surface area contributed by atoms with Gasteiger partial charge in [0.05, 0.1) is 0 Å². The number of carbonyl (C=O) groups is 1. The molecule has 0 aliphatic heterocycles. The fraction of sp³-hybridized carbons (Fsp3) is 0.500. The quantitative estimate of drug-likeness (QED) is 0.840. The molecule has 0 aliphatic carbocycles. The number of amides is 1. The predicted octanol–water partition coefficient (Wildman–Crippen LogP) is 1.91. The maximum absolute atomic E-state index is 11.5. The van der Waals surface area contributed by atoms with Crippen LogP contribution in [0.3, 0.4) is 0 Å². The molecule has 0 atom stereocenters. The highest BCUT2D eigenvalue weighted by Gasteiger charge is 2.13. The lowest BCUT2D eigenvalue weighted by Gasteiger charge is -2.18. The van der Waals surface area contributed by atoms with Crippen molar-refractivity contribution in [3.8, 4) is 0 Å². The van der Waals surface area contributed by atoms with Crippen LogP contribution in [0.4, 0.5) is 0 Å². The third-order valence-electron chi connectivity index (χ3n) is 1.64. The van der Waals surface area contributed by atoms with Crippen molar-refractivity contribution in [2.24, 2.45) is 5.41 Å². The van der Waals surface area contributed by atoms with Gasteiger partial charge in [-0.25, -0.2) is 0 Å². The molecule has 1 N–H and O–H groups in total. The monoisotopic (exact) mass is 227 g/mol. The Morgan fingerprint density at radius 2 is 2.07 bits per heavy atom. The fourth-order valence-electron chi connectivity index (χ4n) is 0.873. The van der Waals surface area contributed by atoms with Crippen LogP contribution >= 0.6 is 11.6 Å².